The maximum absolute atomic E-state index is 5.90. The van der Waals surface area contributed by atoms with Crippen LogP contribution < -0.4 is 5.32 Å². The van der Waals surface area contributed by atoms with Gasteiger partial charge in [0.2, 0.25) is 5.95 Å². The molecule has 1 N–H and O–H groups in total. The first-order valence-electron chi connectivity index (χ1n) is 5.89. The summed E-state index contributed by atoms with van der Waals surface area (Å²) in [6.07, 6.45) is 3.41. The molecule has 0 aliphatic rings. The summed E-state index contributed by atoms with van der Waals surface area (Å²) in [5.74, 6) is 1.38. The van der Waals surface area contributed by atoms with Crippen LogP contribution in [-0.2, 0) is 13.1 Å². The first-order chi connectivity index (χ1) is 9.26. The second kappa shape index (κ2) is 4.85. The summed E-state index contributed by atoms with van der Waals surface area (Å²) >= 11 is 5.90. The highest BCUT2D eigenvalue weighted by Gasteiger charge is 2.06. The zero-order valence-corrected chi connectivity index (χ0v) is 11.0. The summed E-state index contributed by atoms with van der Waals surface area (Å²) in [4.78, 5) is 4.33. The number of anilines is 1. The third-order valence-electron chi connectivity index (χ3n) is 2.74. The van der Waals surface area contributed by atoms with Crippen molar-refractivity contribution in [3.8, 4) is 0 Å². The molecule has 0 unspecified atom stereocenters. The van der Waals surface area contributed by atoms with Crippen molar-refractivity contribution in [3.63, 3.8) is 0 Å². The molecule has 0 fully saturated rings. The predicted octanol–water partition coefficient (Wildman–Crippen LogP) is 1.61. The second-order valence-electron chi connectivity index (χ2n) is 3.97. The van der Waals surface area contributed by atoms with E-state index in [-0.39, 0.29) is 0 Å². The Morgan fingerprint density at radius 1 is 1.37 bits per heavy atom. The third kappa shape index (κ3) is 2.37. The van der Waals surface area contributed by atoms with E-state index in [1.54, 1.807) is 23.1 Å². The topological polar surface area (TPSA) is 72.9 Å². The summed E-state index contributed by atoms with van der Waals surface area (Å²) in [6.45, 7) is 3.40. The molecule has 0 saturated heterocycles. The van der Waals surface area contributed by atoms with Crippen molar-refractivity contribution < 1.29 is 0 Å². The van der Waals surface area contributed by atoms with E-state index in [9.17, 15) is 0 Å². The third-order valence-corrected chi connectivity index (χ3v) is 2.96. The lowest BCUT2D eigenvalue weighted by molar-refractivity contribution is 0.706. The molecule has 3 rings (SSSR count). The van der Waals surface area contributed by atoms with Crippen molar-refractivity contribution >= 4 is 23.2 Å². The van der Waals surface area contributed by atoms with Gasteiger partial charge in [0, 0.05) is 12.7 Å². The zero-order valence-electron chi connectivity index (χ0n) is 10.3. The minimum Gasteiger partial charge on any atom is -0.346 e. The number of aryl methyl sites for hydroxylation is 1. The van der Waals surface area contributed by atoms with Crippen molar-refractivity contribution in [2.24, 2.45) is 0 Å². The van der Waals surface area contributed by atoms with Crippen LogP contribution in [0.4, 0.5) is 5.95 Å². The lowest BCUT2D eigenvalue weighted by Crippen LogP contribution is -2.08. The van der Waals surface area contributed by atoms with Gasteiger partial charge in [-0.25, -0.2) is 4.52 Å². The fourth-order valence-electron chi connectivity index (χ4n) is 1.77. The molecule has 98 valence electrons. The van der Waals surface area contributed by atoms with Crippen LogP contribution in [0, 0.1) is 0 Å². The van der Waals surface area contributed by atoms with E-state index in [0.29, 0.717) is 17.5 Å². The normalized spacial score (nSPS) is 11.1. The van der Waals surface area contributed by atoms with Crippen LogP contribution in [0.3, 0.4) is 0 Å². The van der Waals surface area contributed by atoms with Crippen molar-refractivity contribution in [1.29, 1.82) is 0 Å². The molecular weight excluding hydrogens is 266 g/mol. The average Bonchev–Trinajstić information content (AvgIpc) is 3.01. The molecule has 0 spiro atoms. The van der Waals surface area contributed by atoms with E-state index >= 15 is 0 Å². The Bertz CT molecular complexity index is 702. The van der Waals surface area contributed by atoms with E-state index in [2.05, 4.69) is 25.6 Å². The van der Waals surface area contributed by atoms with E-state index in [4.69, 9.17) is 11.6 Å². The van der Waals surface area contributed by atoms with Gasteiger partial charge in [0.05, 0.1) is 11.6 Å². The van der Waals surface area contributed by atoms with Gasteiger partial charge in [0.25, 0.3) is 0 Å². The van der Waals surface area contributed by atoms with Crippen LogP contribution in [0.25, 0.3) is 5.65 Å². The van der Waals surface area contributed by atoms with Gasteiger partial charge in [0.15, 0.2) is 11.5 Å². The van der Waals surface area contributed by atoms with Gasteiger partial charge in [-0.05, 0) is 19.1 Å². The molecule has 3 heterocycles. The molecule has 0 aliphatic carbocycles. The number of aromatic nitrogens is 6. The molecule has 0 saturated carbocycles. The Kier molecular flexibility index (Phi) is 3.04. The minimum absolute atomic E-state index is 0.526. The van der Waals surface area contributed by atoms with Crippen LogP contribution in [-0.4, -0.2) is 29.4 Å². The smallest absolute Gasteiger partial charge is 0.243 e. The van der Waals surface area contributed by atoms with E-state index in [0.717, 1.165) is 18.0 Å². The van der Waals surface area contributed by atoms with Crippen LogP contribution in [0.1, 0.15) is 12.7 Å². The Labute approximate surface area is 114 Å². The maximum atomic E-state index is 5.90. The molecule has 7 nitrogen and oxygen atoms in total. The number of hydrogen-bond donors (Lipinski definition) is 1. The van der Waals surface area contributed by atoms with Gasteiger partial charge < -0.3 is 9.88 Å². The average molecular weight is 278 g/mol. The highest BCUT2D eigenvalue weighted by molar-refractivity contribution is 6.30. The van der Waals surface area contributed by atoms with Crippen molar-refractivity contribution in [1.82, 2.24) is 29.4 Å². The lowest BCUT2D eigenvalue weighted by atomic mass is 10.5. The number of rotatable bonds is 4. The Hall–Kier alpha value is -2.15. The van der Waals surface area contributed by atoms with Gasteiger partial charge in [0.1, 0.15) is 6.33 Å². The molecule has 0 atom stereocenters. The molecule has 0 bridgehead atoms. The largest absolute Gasteiger partial charge is 0.346 e. The number of fused-ring (bicyclic) bond motifs is 1. The zero-order chi connectivity index (χ0) is 13.2. The summed E-state index contributed by atoms with van der Waals surface area (Å²) in [6, 6.07) is 3.60. The summed E-state index contributed by atoms with van der Waals surface area (Å²) < 4.78 is 3.59. The number of nitrogens with one attached hydrogen (secondary N) is 1. The minimum atomic E-state index is 0.526. The van der Waals surface area contributed by atoms with Gasteiger partial charge in [-0.3, -0.25) is 0 Å². The highest BCUT2D eigenvalue weighted by Crippen LogP contribution is 2.11. The molecule has 0 radical (unpaired) electrons. The van der Waals surface area contributed by atoms with Gasteiger partial charge >= 0.3 is 0 Å². The van der Waals surface area contributed by atoms with Gasteiger partial charge in [-0.2, -0.15) is 4.98 Å². The van der Waals surface area contributed by atoms with Crippen LogP contribution in [0.15, 0.2) is 24.7 Å². The Balaban J connectivity index is 1.78. The van der Waals surface area contributed by atoms with Gasteiger partial charge in [-0.15, -0.1) is 15.3 Å². The molecule has 3 aromatic heterocycles. The van der Waals surface area contributed by atoms with Crippen LogP contribution in [0.2, 0.25) is 5.02 Å². The highest BCUT2D eigenvalue weighted by atomic mass is 35.5. The Morgan fingerprint density at radius 2 is 2.26 bits per heavy atom. The van der Waals surface area contributed by atoms with E-state index in [1.807, 2.05) is 17.6 Å². The maximum Gasteiger partial charge on any atom is 0.243 e. The Morgan fingerprint density at radius 3 is 3.11 bits per heavy atom. The first kappa shape index (κ1) is 11.9. The number of pyridine rings is 1. The first-order valence-corrected chi connectivity index (χ1v) is 6.26. The summed E-state index contributed by atoms with van der Waals surface area (Å²) in [5.41, 5.74) is 0.740. The predicted molar refractivity (Wildman–Crippen MR) is 71.0 cm³/mol. The summed E-state index contributed by atoms with van der Waals surface area (Å²) in [5, 5.41) is 15.9. The quantitative estimate of drug-likeness (QED) is 0.784. The van der Waals surface area contributed by atoms with Crippen molar-refractivity contribution in [3.05, 3.63) is 35.5 Å². The monoisotopic (exact) mass is 277 g/mol. The standard InChI is InChI=1S/C11H12ClN7/c1-2-18-7-14-16-10(18)5-13-11-15-9-4-3-8(12)6-19(9)17-11/h3-4,6-7H,2,5H2,1H3,(H,13,17). The lowest BCUT2D eigenvalue weighted by Gasteiger charge is -2.02. The summed E-state index contributed by atoms with van der Waals surface area (Å²) in [7, 11) is 0. The molecule has 0 aliphatic heterocycles. The molecular formula is C11H12ClN7. The van der Waals surface area contributed by atoms with E-state index < -0.39 is 0 Å². The fourth-order valence-corrected chi connectivity index (χ4v) is 1.93. The number of halogens is 1. The SMILES string of the molecule is CCn1cnnc1CNc1nc2ccc(Cl)cn2n1. The number of nitrogens with zero attached hydrogens (tertiary/aromatic N) is 6. The van der Waals surface area contributed by atoms with Crippen LogP contribution >= 0.6 is 11.6 Å². The molecule has 3 aromatic rings. The molecule has 0 amide bonds. The number of hydrogen-bond acceptors (Lipinski definition) is 5. The van der Waals surface area contributed by atoms with Crippen molar-refractivity contribution in [2.75, 3.05) is 5.32 Å². The van der Waals surface area contributed by atoms with Crippen molar-refractivity contribution in [2.45, 2.75) is 20.0 Å². The van der Waals surface area contributed by atoms with Crippen LogP contribution in [0.5, 0.6) is 0 Å². The van der Waals surface area contributed by atoms with Gasteiger partial charge in [-0.1, -0.05) is 11.6 Å². The van der Waals surface area contributed by atoms with E-state index in [1.165, 1.54) is 0 Å². The fraction of sp³-hybridized carbons (Fsp3) is 0.273. The molecule has 0 aromatic carbocycles. The second-order valence-corrected chi connectivity index (χ2v) is 4.41. The molecule has 8 heteroatoms. The molecule has 19 heavy (non-hydrogen) atoms.